The van der Waals surface area contributed by atoms with E-state index in [0.717, 1.165) is 33.8 Å². The van der Waals surface area contributed by atoms with Gasteiger partial charge in [0.1, 0.15) is 12.1 Å². The smallest absolute Gasteiger partial charge is 0.340 e. The summed E-state index contributed by atoms with van der Waals surface area (Å²) >= 11 is 0. The lowest BCUT2D eigenvalue weighted by Crippen LogP contribution is -2.05. The first-order valence-corrected chi connectivity index (χ1v) is 7.59. The summed E-state index contributed by atoms with van der Waals surface area (Å²) in [4.78, 5) is 8.53. The zero-order valence-corrected chi connectivity index (χ0v) is 14.1. The highest BCUT2D eigenvalue weighted by molar-refractivity contribution is 6.08. The molecule has 0 aliphatic carbocycles. The maximum atomic E-state index is 12.9. The van der Waals surface area contributed by atoms with E-state index in [9.17, 15) is 13.2 Å². The Labute approximate surface area is 153 Å². The van der Waals surface area contributed by atoms with Crippen LogP contribution in [-0.4, -0.2) is 9.97 Å². The summed E-state index contributed by atoms with van der Waals surface area (Å²) in [7, 11) is 0. The predicted octanol–water partition coefficient (Wildman–Crippen LogP) is 5.97. The lowest BCUT2D eigenvalue weighted by atomic mass is 10.1. The van der Waals surface area contributed by atoms with Gasteiger partial charge in [0.25, 0.3) is 0 Å². The fourth-order valence-electron chi connectivity index (χ4n) is 2.81. The van der Waals surface area contributed by atoms with Gasteiger partial charge in [0, 0.05) is 16.5 Å². The molecule has 0 bridgehead atoms. The second-order valence-corrected chi connectivity index (χ2v) is 5.61. The van der Waals surface area contributed by atoms with E-state index < -0.39 is 11.7 Å². The van der Waals surface area contributed by atoms with Crippen LogP contribution in [0.1, 0.15) is 5.56 Å². The van der Waals surface area contributed by atoms with Gasteiger partial charge in [0.05, 0.1) is 11.1 Å². The molecule has 0 spiro atoms. The average molecular weight is 376 g/mol. The molecule has 0 amide bonds. The van der Waals surface area contributed by atoms with E-state index in [0.29, 0.717) is 11.5 Å². The van der Waals surface area contributed by atoms with E-state index in [2.05, 4.69) is 15.3 Å². The van der Waals surface area contributed by atoms with Crippen LogP contribution in [0, 0.1) is 0 Å². The Balaban J connectivity index is 0.00000196. The SMILES string of the molecule is Cl.FC(F)(F)c1cccc(Nc2ncnc3c2ccc2ccccc23)c1. The van der Waals surface area contributed by atoms with Crippen molar-refractivity contribution in [2.45, 2.75) is 6.18 Å². The Bertz CT molecular complexity index is 1080. The molecule has 1 heterocycles. The molecule has 132 valence electrons. The number of hydrogen-bond donors (Lipinski definition) is 1. The number of rotatable bonds is 2. The first kappa shape index (κ1) is 17.9. The van der Waals surface area contributed by atoms with E-state index in [1.807, 2.05) is 36.4 Å². The van der Waals surface area contributed by atoms with Gasteiger partial charge < -0.3 is 5.32 Å². The average Bonchev–Trinajstić information content (AvgIpc) is 2.61. The minimum absolute atomic E-state index is 0. The largest absolute Gasteiger partial charge is 0.416 e. The Morgan fingerprint density at radius 1 is 0.808 bits per heavy atom. The molecule has 1 aromatic heterocycles. The van der Waals surface area contributed by atoms with Crippen LogP contribution in [0.3, 0.4) is 0 Å². The molecule has 0 saturated carbocycles. The molecule has 0 atom stereocenters. The topological polar surface area (TPSA) is 37.8 Å². The lowest BCUT2D eigenvalue weighted by molar-refractivity contribution is -0.137. The Morgan fingerprint density at radius 2 is 1.62 bits per heavy atom. The Kier molecular flexibility index (Phi) is 4.70. The summed E-state index contributed by atoms with van der Waals surface area (Å²) in [5, 5.41) is 5.73. The van der Waals surface area contributed by atoms with Gasteiger partial charge in [0.2, 0.25) is 0 Å². The minimum atomic E-state index is -4.39. The first-order chi connectivity index (χ1) is 12.0. The van der Waals surface area contributed by atoms with Crippen LogP contribution in [0.15, 0.2) is 67.0 Å². The van der Waals surface area contributed by atoms with Gasteiger partial charge in [0.15, 0.2) is 0 Å². The van der Waals surface area contributed by atoms with E-state index in [-0.39, 0.29) is 12.4 Å². The number of hydrogen-bond acceptors (Lipinski definition) is 3. The van der Waals surface area contributed by atoms with Crippen LogP contribution in [0.4, 0.5) is 24.7 Å². The van der Waals surface area contributed by atoms with Gasteiger partial charge in [-0.1, -0.05) is 36.4 Å². The van der Waals surface area contributed by atoms with Gasteiger partial charge in [-0.15, -0.1) is 12.4 Å². The number of nitrogens with one attached hydrogen (secondary N) is 1. The molecule has 4 aromatic rings. The second kappa shape index (κ2) is 6.80. The van der Waals surface area contributed by atoms with Crippen LogP contribution in [0.2, 0.25) is 0 Å². The molecule has 0 unspecified atom stereocenters. The lowest BCUT2D eigenvalue weighted by Gasteiger charge is -2.12. The summed E-state index contributed by atoms with van der Waals surface area (Å²) in [6, 6.07) is 16.7. The van der Waals surface area contributed by atoms with Crippen LogP contribution in [-0.2, 0) is 6.18 Å². The fraction of sp³-hybridized carbons (Fsp3) is 0.0526. The molecule has 7 heteroatoms. The molecule has 0 radical (unpaired) electrons. The summed E-state index contributed by atoms with van der Waals surface area (Å²) < 4.78 is 38.6. The Hall–Kier alpha value is -2.86. The zero-order valence-electron chi connectivity index (χ0n) is 13.3. The van der Waals surface area contributed by atoms with Gasteiger partial charge in [-0.05, 0) is 29.7 Å². The molecule has 0 aliphatic rings. The van der Waals surface area contributed by atoms with E-state index in [1.54, 1.807) is 6.07 Å². The maximum absolute atomic E-state index is 12.9. The number of halogens is 4. The molecule has 1 N–H and O–H groups in total. The molecule has 3 nitrogen and oxygen atoms in total. The number of anilines is 2. The van der Waals surface area contributed by atoms with Crippen LogP contribution >= 0.6 is 12.4 Å². The van der Waals surface area contributed by atoms with Crippen molar-refractivity contribution in [1.82, 2.24) is 9.97 Å². The van der Waals surface area contributed by atoms with Crippen molar-refractivity contribution in [1.29, 1.82) is 0 Å². The summed E-state index contributed by atoms with van der Waals surface area (Å²) in [5.41, 5.74) is 0.367. The van der Waals surface area contributed by atoms with Crippen molar-refractivity contribution in [2.24, 2.45) is 0 Å². The molecule has 4 rings (SSSR count). The van der Waals surface area contributed by atoms with Crippen molar-refractivity contribution in [3.8, 4) is 0 Å². The number of benzene rings is 3. The van der Waals surface area contributed by atoms with Crippen LogP contribution in [0.25, 0.3) is 21.7 Å². The molecular formula is C19H13ClF3N3. The minimum Gasteiger partial charge on any atom is -0.340 e. The number of alkyl halides is 3. The molecule has 0 fully saturated rings. The van der Waals surface area contributed by atoms with Gasteiger partial charge in [-0.3, -0.25) is 0 Å². The van der Waals surface area contributed by atoms with E-state index in [1.165, 1.54) is 12.4 Å². The van der Waals surface area contributed by atoms with Crippen molar-refractivity contribution in [3.05, 3.63) is 72.6 Å². The second-order valence-electron chi connectivity index (χ2n) is 5.61. The monoisotopic (exact) mass is 375 g/mol. The van der Waals surface area contributed by atoms with Crippen molar-refractivity contribution >= 4 is 45.6 Å². The van der Waals surface area contributed by atoms with E-state index in [4.69, 9.17) is 0 Å². The predicted molar refractivity (Wildman–Crippen MR) is 99.0 cm³/mol. The zero-order chi connectivity index (χ0) is 17.4. The molecule has 26 heavy (non-hydrogen) atoms. The van der Waals surface area contributed by atoms with E-state index >= 15 is 0 Å². The Morgan fingerprint density at radius 3 is 2.42 bits per heavy atom. The standard InChI is InChI=1S/C19H12F3N3.ClH/c20-19(21,22)13-5-3-6-14(10-13)25-18-16-9-8-12-4-1-2-7-15(12)17(16)23-11-24-18;/h1-11H,(H,23,24,25);1H. The molecule has 0 aliphatic heterocycles. The highest BCUT2D eigenvalue weighted by Gasteiger charge is 2.30. The highest BCUT2D eigenvalue weighted by Crippen LogP contribution is 2.33. The first-order valence-electron chi connectivity index (χ1n) is 7.59. The number of nitrogens with zero attached hydrogens (tertiary/aromatic N) is 2. The van der Waals surface area contributed by atoms with Crippen molar-refractivity contribution < 1.29 is 13.2 Å². The summed E-state index contributed by atoms with van der Waals surface area (Å²) in [6.07, 6.45) is -2.98. The third kappa shape index (κ3) is 3.28. The third-order valence-corrected chi connectivity index (χ3v) is 3.98. The maximum Gasteiger partial charge on any atom is 0.416 e. The normalized spacial score (nSPS) is 11.3. The number of fused-ring (bicyclic) bond motifs is 3. The molecule has 0 saturated heterocycles. The van der Waals surface area contributed by atoms with Crippen LogP contribution < -0.4 is 5.32 Å². The number of aromatic nitrogens is 2. The fourth-order valence-corrected chi connectivity index (χ4v) is 2.81. The van der Waals surface area contributed by atoms with Gasteiger partial charge >= 0.3 is 6.18 Å². The summed E-state index contributed by atoms with van der Waals surface area (Å²) in [5.74, 6) is 0.468. The van der Waals surface area contributed by atoms with Crippen molar-refractivity contribution in [3.63, 3.8) is 0 Å². The molecule has 3 aromatic carbocycles. The van der Waals surface area contributed by atoms with Crippen LogP contribution in [0.5, 0.6) is 0 Å². The third-order valence-electron chi connectivity index (χ3n) is 3.98. The van der Waals surface area contributed by atoms with Gasteiger partial charge in [-0.25, -0.2) is 9.97 Å². The van der Waals surface area contributed by atoms with Crippen molar-refractivity contribution in [2.75, 3.05) is 5.32 Å². The molecular weight excluding hydrogens is 363 g/mol. The quantitative estimate of drug-likeness (QED) is 0.439. The van der Waals surface area contributed by atoms with Gasteiger partial charge in [-0.2, -0.15) is 13.2 Å². The highest BCUT2D eigenvalue weighted by atomic mass is 35.5. The summed E-state index contributed by atoms with van der Waals surface area (Å²) in [6.45, 7) is 0.